The van der Waals surface area contributed by atoms with Crippen LogP contribution in [0.2, 0.25) is 0 Å². The average Bonchev–Trinajstić information content (AvgIpc) is 3.58. The Kier molecular flexibility index (Phi) is 6.65. The molecule has 3 aromatic rings. The molecule has 0 bridgehead atoms. The summed E-state index contributed by atoms with van der Waals surface area (Å²) < 4.78 is 10.6. The number of hydrogen-bond donors (Lipinski definition) is 6. The molecular formula is C22H21N7O7. The van der Waals surface area contributed by atoms with Crippen molar-refractivity contribution in [1.82, 2.24) is 21.5 Å². The van der Waals surface area contributed by atoms with E-state index in [0.29, 0.717) is 5.56 Å². The summed E-state index contributed by atoms with van der Waals surface area (Å²) in [5.41, 5.74) is 13.9. The topological polar surface area (TPSA) is 231 Å². The molecule has 1 saturated heterocycles. The van der Waals surface area contributed by atoms with Crippen molar-refractivity contribution in [2.75, 3.05) is 13.1 Å². The number of rotatable bonds is 8. The highest BCUT2D eigenvalue weighted by atomic mass is 16.6. The summed E-state index contributed by atoms with van der Waals surface area (Å²) in [4.78, 5) is 40.2. The third-order valence-electron chi connectivity index (χ3n) is 5.32. The van der Waals surface area contributed by atoms with Gasteiger partial charge in [-0.2, -0.15) is 0 Å². The molecule has 1 aliphatic heterocycles. The predicted molar refractivity (Wildman–Crippen MR) is 126 cm³/mol. The Labute approximate surface area is 202 Å². The van der Waals surface area contributed by atoms with E-state index in [0.717, 1.165) is 6.07 Å². The molecule has 1 fully saturated rings. The van der Waals surface area contributed by atoms with E-state index in [4.69, 9.17) is 14.7 Å². The summed E-state index contributed by atoms with van der Waals surface area (Å²) in [6.07, 6.45) is 0.234. The number of phenols is 2. The standard InChI is InChI=1S/C22H21N7O7/c1-22(27-28-22)10-24-20(33)15(8-25-29-23)26-21(34)36-13-4-2-11(3-5-13)14-9-35-17-7-12(30)6-16(31)18(17)19(14)32/h2-7,9,15,27-28,30-31H,8,10H2,1H3,(H,24,33)(H,26,34). The molecule has 1 aliphatic rings. The second-order valence-corrected chi connectivity index (χ2v) is 8.14. The van der Waals surface area contributed by atoms with Crippen LogP contribution in [0.25, 0.3) is 32.5 Å². The van der Waals surface area contributed by atoms with E-state index in [-0.39, 0.29) is 41.1 Å². The van der Waals surface area contributed by atoms with Crippen LogP contribution in [0.5, 0.6) is 17.2 Å². The first-order valence-electron chi connectivity index (χ1n) is 10.6. The van der Waals surface area contributed by atoms with Crippen LogP contribution in [-0.4, -0.2) is 47.0 Å². The molecule has 6 N–H and O–H groups in total. The largest absolute Gasteiger partial charge is 0.508 e. The summed E-state index contributed by atoms with van der Waals surface area (Å²) in [5, 5.41) is 27.8. The first-order chi connectivity index (χ1) is 17.2. The number of ether oxygens (including phenoxy) is 1. The number of carbonyl (C=O) groups is 2. The van der Waals surface area contributed by atoms with Crippen LogP contribution in [-0.2, 0) is 4.79 Å². The van der Waals surface area contributed by atoms with Crippen molar-refractivity contribution < 1.29 is 29.0 Å². The molecule has 36 heavy (non-hydrogen) atoms. The van der Waals surface area contributed by atoms with Crippen molar-refractivity contribution >= 4 is 23.0 Å². The Bertz CT molecular complexity index is 1430. The fourth-order valence-corrected chi connectivity index (χ4v) is 3.29. The fourth-order valence-electron chi connectivity index (χ4n) is 3.29. The van der Waals surface area contributed by atoms with Gasteiger partial charge < -0.3 is 30.0 Å². The molecule has 2 aromatic carbocycles. The molecule has 0 saturated carbocycles. The first kappa shape index (κ1) is 24.3. The van der Waals surface area contributed by atoms with E-state index in [2.05, 4.69) is 31.5 Å². The van der Waals surface area contributed by atoms with Gasteiger partial charge in [-0.15, -0.1) is 0 Å². The van der Waals surface area contributed by atoms with E-state index in [1.807, 2.05) is 6.92 Å². The lowest BCUT2D eigenvalue weighted by Crippen LogP contribution is -2.51. The normalized spacial score (nSPS) is 14.4. The molecule has 0 aliphatic carbocycles. The van der Waals surface area contributed by atoms with E-state index in [9.17, 15) is 24.6 Å². The maximum absolute atomic E-state index is 12.8. The lowest BCUT2D eigenvalue weighted by molar-refractivity contribution is -0.122. The van der Waals surface area contributed by atoms with Gasteiger partial charge in [-0.1, -0.05) is 17.2 Å². The highest BCUT2D eigenvalue weighted by Gasteiger charge is 2.36. The van der Waals surface area contributed by atoms with Gasteiger partial charge in [-0.05, 0) is 30.2 Å². The van der Waals surface area contributed by atoms with Crippen LogP contribution in [0, 0.1) is 0 Å². The third-order valence-corrected chi connectivity index (χ3v) is 5.32. The molecule has 0 spiro atoms. The van der Waals surface area contributed by atoms with Gasteiger partial charge in [0.1, 0.15) is 46.2 Å². The Morgan fingerprint density at radius 3 is 2.64 bits per heavy atom. The highest BCUT2D eigenvalue weighted by molar-refractivity contribution is 5.88. The van der Waals surface area contributed by atoms with Gasteiger partial charge in [0.05, 0.1) is 18.7 Å². The van der Waals surface area contributed by atoms with Crippen molar-refractivity contribution in [2.45, 2.75) is 18.6 Å². The lowest BCUT2D eigenvalue weighted by Gasteiger charge is -2.17. The molecule has 2 heterocycles. The van der Waals surface area contributed by atoms with E-state index < -0.39 is 34.9 Å². The number of amides is 2. The van der Waals surface area contributed by atoms with Crippen LogP contribution >= 0.6 is 0 Å². The molecule has 1 unspecified atom stereocenters. The Morgan fingerprint density at radius 1 is 1.25 bits per heavy atom. The SMILES string of the molecule is CC1(CNC(=O)C(CN=[N+]=[N-])NC(=O)Oc2ccc(-c3coc4cc(O)cc(O)c4c3=O)cc2)NN1. The number of phenolic OH excluding ortho intramolecular Hbond substituents is 2. The van der Waals surface area contributed by atoms with Gasteiger partial charge in [-0.25, -0.2) is 15.6 Å². The van der Waals surface area contributed by atoms with Crippen molar-refractivity contribution in [3.05, 3.63) is 63.3 Å². The number of benzene rings is 2. The van der Waals surface area contributed by atoms with Crippen LogP contribution in [0.3, 0.4) is 0 Å². The predicted octanol–water partition coefficient (Wildman–Crippen LogP) is 1.58. The second-order valence-electron chi connectivity index (χ2n) is 8.14. The number of carbonyl (C=O) groups excluding carboxylic acids is 2. The highest BCUT2D eigenvalue weighted by Crippen LogP contribution is 2.30. The quantitative estimate of drug-likeness (QED) is 0.115. The van der Waals surface area contributed by atoms with Gasteiger partial charge in [0, 0.05) is 17.0 Å². The minimum Gasteiger partial charge on any atom is -0.508 e. The number of aromatic hydroxyl groups is 2. The van der Waals surface area contributed by atoms with Gasteiger partial charge >= 0.3 is 6.09 Å². The molecule has 4 rings (SSSR count). The molecule has 14 heteroatoms. The maximum atomic E-state index is 12.8. The molecule has 14 nitrogen and oxygen atoms in total. The van der Waals surface area contributed by atoms with Crippen molar-refractivity contribution in [3.63, 3.8) is 0 Å². The van der Waals surface area contributed by atoms with E-state index in [1.54, 1.807) is 0 Å². The summed E-state index contributed by atoms with van der Waals surface area (Å²) in [7, 11) is 0. The Balaban J connectivity index is 1.44. The molecular weight excluding hydrogens is 474 g/mol. The smallest absolute Gasteiger partial charge is 0.413 e. The van der Waals surface area contributed by atoms with E-state index >= 15 is 0 Å². The number of nitrogens with one attached hydrogen (secondary N) is 4. The molecule has 0 radical (unpaired) electrons. The zero-order valence-electron chi connectivity index (χ0n) is 18.8. The number of hydrogen-bond acceptors (Lipinski definition) is 10. The molecule has 1 atom stereocenters. The second kappa shape index (κ2) is 9.84. The monoisotopic (exact) mass is 495 g/mol. The molecule has 186 valence electrons. The first-order valence-corrected chi connectivity index (χ1v) is 10.6. The molecule has 2 amide bonds. The Hall–Kier alpha value is -4.78. The minimum absolute atomic E-state index is 0.0240. The summed E-state index contributed by atoms with van der Waals surface area (Å²) in [5.74, 6) is -1.13. The van der Waals surface area contributed by atoms with Crippen LogP contribution in [0.4, 0.5) is 4.79 Å². The summed E-state index contributed by atoms with van der Waals surface area (Å²) in [6, 6.07) is 6.92. The Morgan fingerprint density at radius 2 is 1.97 bits per heavy atom. The molecule has 1 aromatic heterocycles. The van der Waals surface area contributed by atoms with Crippen molar-refractivity contribution in [3.8, 4) is 28.4 Å². The fraction of sp³-hybridized carbons (Fsp3) is 0.227. The average molecular weight is 495 g/mol. The number of nitrogens with zero attached hydrogens (tertiary/aromatic N) is 3. The van der Waals surface area contributed by atoms with E-state index in [1.165, 1.54) is 36.6 Å². The van der Waals surface area contributed by atoms with Gasteiger partial charge in [0.2, 0.25) is 11.3 Å². The number of fused-ring (bicyclic) bond motifs is 1. The van der Waals surface area contributed by atoms with Crippen LogP contribution < -0.4 is 31.7 Å². The minimum atomic E-state index is -1.16. The van der Waals surface area contributed by atoms with Crippen LogP contribution in [0.15, 0.2) is 57.0 Å². The van der Waals surface area contributed by atoms with Crippen LogP contribution in [0.1, 0.15) is 6.92 Å². The van der Waals surface area contributed by atoms with Crippen molar-refractivity contribution in [2.24, 2.45) is 5.11 Å². The lowest BCUT2D eigenvalue weighted by atomic mass is 10.0. The number of azide groups is 1. The third kappa shape index (κ3) is 5.47. The number of hydrazine groups is 1. The maximum Gasteiger partial charge on any atom is 0.413 e. The van der Waals surface area contributed by atoms with Gasteiger partial charge in [0.15, 0.2) is 0 Å². The summed E-state index contributed by atoms with van der Waals surface area (Å²) >= 11 is 0. The van der Waals surface area contributed by atoms with Crippen molar-refractivity contribution in [1.29, 1.82) is 0 Å². The zero-order valence-corrected chi connectivity index (χ0v) is 18.8. The van der Waals surface area contributed by atoms with Gasteiger partial charge in [0.25, 0.3) is 0 Å². The summed E-state index contributed by atoms with van der Waals surface area (Å²) in [6.45, 7) is 1.73. The zero-order chi connectivity index (χ0) is 25.9. The van der Waals surface area contributed by atoms with Gasteiger partial charge in [-0.3, -0.25) is 9.59 Å².